The van der Waals surface area contributed by atoms with E-state index in [0.717, 1.165) is 11.4 Å². The van der Waals surface area contributed by atoms with Crippen LogP contribution in [0.25, 0.3) is 5.69 Å². The Hall–Kier alpha value is -3.16. The number of halogens is 2. The summed E-state index contributed by atoms with van der Waals surface area (Å²) in [7, 11) is 0. The van der Waals surface area contributed by atoms with Crippen molar-refractivity contribution >= 4 is 35.0 Å². The lowest BCUT2D eigenvalue weighted by molar-refractivity contribution is 0.789. The van der Waals surface area contributed by atoms with E-state index in [1.807, 2.05) is 30.3 Å². The third-order valence-electron chi connectivity index (χ3n) is 4.26. The zero-order valence-electron chi connectivity index (χ0n) is 15.3. The maximum absolute atomic E-state index is 6.30. The monoisotopic (exact) mass is 425 g/mol. The average Bonchev–Trinajstić information content (AvgIpc) is 3.22. The second-order valence-electron chi connectivity index (χ2n) is 6.19. The highest BCUT2D eigenvalue weighted by molar-refractivity contribution is 6.43. The van der Waals surface area contributed by atoms with E-state index in [1.165, 1.54) is 10.2 Å². The molecule has 4 rings (SSSR count). The van der Waals surface area contributed by atoms with E-state index in [0.29, 0.717) is 34.8 Å². The average molecular weight is 426 g/mol. The minimum Gasteiger partial charge on any atom is -0.366 e. The molecule has 0 atom stereocenters. The number of pyridine rings is 1. The molecule has 0 aliphatic carbocycles. The van der Waals surface area contributed by atoms with Crippen LogP contribution in [-0.2, 0) is 13.1 Å². The van der Waals surface area contributed by atoms with Gasteiger partial charge in [0.25, 0.3) is 0 Å². The molecule has 0 aliphatic heterocycles. The summed E-state index contributed by atoms with van der Waals surface area (Å²) in [6.07, 6.45) is 1.76. The molecule has 9 heteroatoms. The van der Waals surface area contributed by atoms with Crippen LogP contribution in [0.1, 0.15) is 11.1 Å². The Kier molecular flexibility index (Phi) is 5.88. The summed E-state index contributed by atoms with van der Waals surface area (Å²) in [4.78, 5) is 4.45. The number of rotatable bonds is 7. The van der Waals surface area contributed by atoms with E-state index in [2.05, 4.69) is 43.3 Å². The molecule has 146 valence electrons. The number of hydrogen-bond donors (Lipinski definition) is 2. The van der Waals surface area contributed by atoms with Crippen LogP contribution >= 0.6 is 23.2 Å². The molecule has 0 saturated heterocycles. The molecule has 0 amide bonds. The fourth-order valence-corrected chi connectivity index (χ4v) is 3.19. The van der Waals surface area contributed by atoms with Crippen molar-refractivity contribution in [3.8, 4) is 5.69 Å². The lowest BCUT2D eigenvalue weighted by Gasteiger charge is -2.13. The van der Waals surface area contributed by atoms with Gasteiger partial charge in [-0.1, -0.05) is 70.8 Å². The smallest absolute Gasteiger partial charge is 0.248 e. The van der Waals surface area contributed by atoms with Crippen LogP contribution in [0.15, 0.2) is 66.9 Å². The fourth-order valence-electron chi connectivity index (χ4n) is 2.81. The summed E-state index contributed by atoms with van der Waals surface area (Å²) in [5.74, 6) is 1.25. The number of nitrogens with one attached hydrogen (secondary N) is 2. The van der Waals surface area contributed by atoms with Gasteiger partial charge in [0.15, 0.2) is 0 Å². The van der Waals surface area contributed by atoms with Gasteiger partial charge in [0.2, 0.25) is 5.95 Å². The highest BCUT2D eigenvalue weighted by Crippen LogP contribution is 2.29. The molecular weight excluding hydrogens is 409 g/mol. The van der Waals surface area contributed by atoms with Gasteiger partial charge in [0.05, 0.1) is 15.7 Å². The summed E-state index contributed by atoms with van der Waals surface area (Å²) in [6.45, 7) is 1.16. The van der Waals surface area contributed by atoms with Crippen LogP contribution in [0.4, 0.5) is 11.8 Å². The van der Waals surface area contributed by atoms with Gasteiger partial charge in [-0.2, -0.15) is 4.68 Å². The molecule has 0 saturated carbocycles. The van der Waals surface area contributed by atoms with Crippen molar-refractivity contribution in [2.75, 3.05) is 10.6 Å². The SMILES string of the molecule is Clc1cccc(-n2nnnc2NCc2cccnc2NCc2ccccc2)c1Cl. The lowest BCUT2D eigenvalue weighted by atomic mass is 10.2. The summed E-state index contributed by atoms with van der Waals surface area (Å²) in [5, 5.41) is 19.2. The Labute approximate surface area is 177 Å². The second-order valence-corrected chi connectivity index (χ2v) is 6.98. The zero-order valence-corrected chi connectivity index (χ0v) is 16.8. The number of anilines is 2. The third-order valence-corrected chi connectivity index (χ3v) is 5.07. The van der Waals surface area contributed by atoms with E-state index in [4.69, 9.17) is 23.2 Å². The molecule has 2 aromatic carbocycles. The normalized spacial score (nSPS) is 10.7. The van der Waals surface area contributed by atoms with Gasteiger partial charge >= 0.3 is 0 Å². The van der Waals surface area contributed by atoms with Crippen molar-refractivity contribution in [2.45, 2.75) is 13.1 Å². The van der Waals surface area contributed by atoms with Gasteiger partial charge in [-0.15, -0.1) is 0 Å². The van der Waals surface area contributed by atoms with Crippen molar-refractivity contribution in [2.24, 2.45) is 0 Å². The van der Waals surface area contributed by atoms with Gasteiger partial charge < -0.3 is 10.6 Å². The van der Waals surface area contributed by atoms with Crippen LogP contribution in [0.5, 0.6) is 0 Å². The highest BCUT2D eigenvalue weighted by atomic mass is 35.5. The van der Waals surface area contributed by atoms with E-state index in [9.17, 15) is 0 Å². The number of nitrogens with zero attached hydrogens (tertiary/aromatic N) is 5. The van der Waals surface area contributed by atoms with Crippen LogP contribution in [0, 0.1) is 0 Å². The van der Waals surface area contributed by atoms with Crippen molar-refractivity contribution in [1.29, 1.82) is 0 Å². The molecule has 4 aromatic rings. The van der Waals surface area contributed by atoms with Crippen molar-refractivity contribution in [3.63, 3.8) is 0 Å². The molecule has 2 aromatic heterocycles. The zero-order chi connectivity index (χ0) is 20.1. The maximum Gasteiger partial charge on any atom is 0.248 e. The summed E-state index contributed by atoms with van der Waals surface area (Å²) in [6, 6.07) is 19.3. The first-order chi connectivity index (χ1) is 14.2. The highest BCUT2D eigenvalue weighted by Gasteiger charge is 2.14. The Morgan fingerprint density at radius 2 is 1.72 bits per heavy atom. The summed E-state index contributed by atoms with van der Waals surface area (Å²) in [5.41, 5.74) is 2.76. The van der Waals surface area contributed by atoms with E-state index in [-0.39, 0.29) is 0 Å². The summed E-state index contributed by atoms with van der Waals surface area (Å²) >= 11 is 12.4. The minimum atomic E-state index is 0.385. The Morgan fingerprint density at radius 1 is 0.862 bits per heavy atom. The van der Waals surface area contributed by atoms with E-state index < -0.39 is 0 Å². The van der Waals surface area contributed by atoms with Crippen LogP contribution in [0.3, 0.4) is 0 Å². The fraction of sp³-hybridized carbons (Fsp3) is 0.100. The molecule has 2 heterocycles. The lowest BCUT2D eigenvalue weighted by Crippen LogP contribution is -2.11. The van der Waals surface area contributed by atoms with Gasteiger partial charge in [0.1, 0.15) is 5.82 Å². The second kappa shape index (κ2) is 8.89. The molecule has 0 radical (unpaired) electrons. The van der Waals surface area contributed by atoms with Crippen molar-refractivity contribution in [3.05, 3.63) is 88.0 Å². The van der Waals surface area contributed by atoms with Gasteiger partial charge in [-0.3, -0.25) is 0 Å². The topological polar surface area (TPSA) is 80.6 Å². The number of hydrogen-bond acceptors (Lipinski definition) is 6. The Balaban J connectivity index is 1.49. The quantitative estimate of drug-likeness (QED) is 0.450. The molecule has 0 aliphatic rings. The van der Waals surface area contributed by atoms with E-state index in [1.54, 1.807) is 24.4 Å². The van der Waals surface area contributed by atoms with Gasteiger partial charge in [-0.05, 0) is 34.2 Å². The first kappa shape index (κ1) is 19.2. The largest absolute Gasteiger partial charge is 0.366 e. The molecule has 0 bridgehead atoms. The maximum atomic E-state index is 6.30. The summed E-state index contributed by atoms with van der Waals surface area (Å²) < 4.78 is 1.52. The number of tetrazole rings is 1. The third kappa shape index (κ3) is 4.47. The molecule has 0 spiro atoms. The Morgan fingerprint density at radius 3 is 2.59 bits per heavy atom. The van der Waals surface area contributed by atoms with Gasteiger partial charge in [0, 0.05) is 24.8 Å². The van der Waals surface area contributed by atoms with Crippen LogP contribution in [0.2, 0.25) is 10.0 Å². The predicted molar refractivity (Wildman–Crippen MR) is 115 cm³/mol. The molecule has 0 fully saturated rings. The molecule has 0 unspecified atom stereocenters. The number of aromatic nitrogens is 5. The molecular formula is C20H17Cl2N7. The van der Waals surface area contributed by atoms with Crippen LogP contribution < -0.4 is 10.6 Å². The Bertz CT molecular complexity index is 1100. The van der Waals surface area contributed by atoms with Crippen LogP contribution in [-0.4, -0.2) is 25.2 Å². The standard InChI is InChI=1S/C20H17Cl2N7/c21-16-9-4-10-17(18(16)22)29-20(26-27-28-29)25-13-15-8-5-11-23-19(15)24-12-14-6-2-1-3-7-14/h1-11H,12-13H2,(H,23,24)(H,25,26,28). The molecule has 7 nitrogen and oxygen atoms in total. The molecule has 2 N–H and O–H groups in total. The predicted octanol–water partition coefficient (Wildman–Crippen LogP) is 4.59. The first-order valence-corrected chi connectivity index (χ1v) is 9.66. The van der Waals surface area contributed by atoms with E-state index >= 15 is 0 Å². The van der Waals surface area contributed by atoms with Crippen molar-refractivity contribution < 1.29 is 0 Å². The molecule has 29 heavy (non-hydrogen) atoms. The number of benzene rings is 2. The van der Waals surface area contributed by atoms with Crippen molar-refractivity contribution in [1.82, 2.24) is 25.2 Å². The first-order valence-electron chi connectivity index (χ1n) is 8.90. The van der Waals surface area contributed by atoms with Gasteiger partial charge in [-0.25, -0.2) is 4.98 Å². The minimum absolute atomic E-state index is 0.385.